The Bertz CT molecular complexity index is 626. The third-order valence-corrected chi connectivity index (χ3v) is 4.36. The summed E-state index contributed by atoms with van der Waals surface area (Å²) in [6.45, 7) is 8.08. The van der Waals surface area contributed by atoms with E-state index in [4.69, 9.17) is 9.47 Å². The summed E-state index contributed by atoms with van der Waals surface area (Å²) in [6, 6.07) is 8.58. The third kappa shape index (κ3) is 3.11. The number of rotatable bonds is 4. The van der Waals surface area contributed by atoms with Crippen LogP contribution in [0.1, 0.15) is 39.3 Å². The average molecular weight is 332 g/mol. The zero-order chi connectivity index (χ0) is 17.5. The monoisotopic (exact) mass is 332 g/mol. The predicted molar refractivity (Wildman–Crippen MR) is 88.4 cm³/mol. The molecule has 24 heavy (non-hydrogen) atoms. The maximum absolute atomic E-state index is 12.3. The molecule has 2 amide bonds. The number of amides is 2. The van der Waals surface area contributed by atoms with E-state index in [0.717, 1.165) is 5.56 Å². The topological polar surface area (TPSA) is 67.9 Å². The number of benzene rings is 1. The van der Waals surface area contributed by atoms with Crippen LogP contribution in [0.25, 0.3) is 0 Å². The summed E-state index contributed by atoms with van der Waals surface area (Å²) in [5.74, 6) is -0.163. The molecular weight excluding hydrogens is 308 g/mol. The van der Waals surface area contributed by atoms with Crippen molar-refractivity contribution in [1.82, 2.24) is 10.2 Å². The fourth-order valence-corrected chi connectivity index (χ4v) is 3.37. The molecule has 0 saturated carbocycles. The second-order valence-electron chi connectivity index (χ2n) is 7.33. The molecular formula is C18H24N2O4. The number of β-lactam (4-membered cyclic amide) rings is 1. The molecule has 1 aromatic rings. The maximum Gasteiger partial charge on any atom is 0.411 e. The van der Waals surface area contributed by atoms with Gasteiger partial charge in [-0.15, -0.1) is 0 Å². The highest BCUT2D eigenvalue weighted by atomic mass is 16.6. The third-order valence-electron chi connectivity index (χ3n) is 4.36. The van der Waals surface area contributed by atoms with Gasteiger partial charge in [-0.05, 0) is 33.3 Å². The van der Waals surface area contributed by atoms with Crippen LogP contribution in [0.3, 0.4) is 0 Å². The van der Waals surface area contributed by atoms with Crippen LogP contribution in [0.4, 0.5) is 4.79 Å². The smallest absolute Gasteiger partial charge is 0.411 e. The van der Waals surface area contributed by atoms with E-state index >= 15 is 0 Å². The van der Waals surface area contributed by atoms with Gasteiger partial charge in [0.05, 0.1) is 23.8 Å². The highest BCUT2D eigenvalue weighted by Gasteiger charge is 2.53. The van der Waals surface area contributed by atoms with E-state index in [1.165, 1.54) is 0 Å². The van der Waals surface area contributed by atoms with Gasteiger partial charge in [-0.3, -0.25) is 9.69 Å². The molecule has 0 aliphatic carbocycles. The van der Waals surface area contributed by atoms with Gasteiger partial charge in [0.25, 0.3) is 0 Å². The minimum Gasteiger partial charge on any atom is -0.447 e. The number of nitrogens with zero attached hydrogens (tertiary/aromatic N) is 1. The Morgan fingerprint density at radius 1 is 1.25 bits per heavy atom. The van der Waals surface area contributed by atoms with Gasteiger partial charge >= 0.3 is 6.09 Å². The maximum atomic E-state index is 12.3. The standard InChI is InChI=1S/C18H24N2O4/c1-11(24-18(2,3)4)14-15(16(21)19-14)20-13(10-23-17(20)22)12-8-6-5-7-9-12/h5-9,11,13-15H,10H2,1-4H3,(H,19,21)/t11-,13+,14-,15-/m0/s1. The molecule has 2 aliphatic rings. The Balaban J connectivity index is 1.82. The number of hydrogen-bond acceptors (Lipinski definition) is 4. The fraction of sp³-hybridized carbons (Fsp3) is 0.556. The van der Waals surface area contributed by atoms with Crippen LogP contribution in [0.2, 0.25) is 0 Å². The largest absolute Gasteiger partial charge is 0.447 e. The summed E-state index contributed by atoms with van der Waals surface area (Å²) in [7, 11) is 0. The minimum absolute atomic E-state index is 0.163. The normalized spacial score (nSPS) is 28.2. The van der Waals surface area contributed by atoms with E-state index in [1.807, 2.05) is 58.0 Å². The van der Waals surface area contributed by atoms with Crippen molar-refractivity contribution in [1.29, 1.82) is 0 Å². The van der Waals surface area contributed by atoms with Crippen molar-refractivity contribution in [3.63, 3.8) is 0 Å². The minimum atomic E-state index is -0.567. The van der Waals surface area contributed by atoms with Crippen LogP contribution in [0, 0.1) is 0 Å². The van der Waals surface area contributed by atoms with E-state index in [9.17, 15) is 9.59 Å². The Labute approximate surface area is 142 Å². The van der Waals surface area contributed by atoms with Crippen molar-refractivity contribution in [2.75, 3.05) is 6.61 Å². The quantitative estimate of drug-likeness (QED) is 0.859. The van der Waals surface area contributed by atoms with E-state index in [2.05, 4.69) is 5.32 Å². The highest BCUT2D eigenvalue weighted by molar-refractivity contribution is 5.93. The first-order valence-corrected chi connectivity index (χ1v) is 8.26. The molecule has 3 rings (SSSR count). The molecule has 6 nitrogen and oxygen atoms in total. The first-order chi connectivity index (χ1) is 11.3. The van der Waals surface area contributed by atoms with Gasteiger partial charge in [0.1, 0.15) is 12.6 Å². The summed E-state index contributed by atoms with van der Waals surface area (Å²) < 4.78 is 11.2. The van der Waals surface area contributed by atoms with Crippen LogP contribution in [0.5, 0.6) is 0 Å². The van der Waals surface area contributed by atoms with Crippen molar-refractivity contribution in [3.8, 4) is 0 Å². The molecule has 2 aliphatic heterocycles. The molecule has 0 bridgehead atoms. The van der Waals surface area contributed by atoms with Gasteiger partial charge < -0.3 is 14.8 Å². The number of hydrogen-bond donors (Lipinski definition) is 1. The molecule has 0 radical (unpaired) electrons. The van der Waals surface area contributed by atoms with Gasteiger partial charge in [0.15, 0.2) is 0 Å². The van der Waals surface area contributed by atoms with E-state index in [1.54, 1.807) is 4.90 Å². The molecule has 4 atom stereocenters. The Morgan fingerprint density at radius 3 is 2.50 bits per heavy atom. The van der Waals surface area contributed by atoms with Crippen molar-refractivity contribution in [2.24, 2.45) is 0 Å². The van der Waals surface area contributed by atoms with Crippen molar-refractivity contribution < 1.29 is 19.1 Å². The second-order valence-corrected chi connectivity index (χ2v) is 7.33. The molecule has 2 saturated heterocycles. The summed E-state index contributed by atoms with van der Waals surface area (Å²) in [5.41, 5.74) is 0.639. The first-order valence-electron chi connectivity index (χ1n) is 8.26. The van der Waals surface area contributed by atoms with Gasteiger partial charge in [-0.1, -0.05) is 30.3 Å². The SMILES string of the molecule is C[C@H](OC(C)(C)C)[C@@H]1NC(=O)[C@H]1N1C(=O)OC[C@@H]1c1ccccc1. The van der Waals surface area contributed by atoms with Crippen molar-refractivity contribution >= 4 is 12.0 Å². The fourth-order valence-electron chi connectivity index (χ4n) is 3.37. The van der Waals surface area contributed by atoms with Gasteiger partial charge in [0, 0.05) is 0 Å². The van der Waals surface area contributed by atoms with Crippen LogP contribution >= 0.6 is 0 Å². The van der Waals surface area contributed by atoms with E-state index < -0.39 is 12.1 Å². The average Bonchev–Trinajstić information content (AvgIpc) is 2.85. The Kier molecular flexibility index (Phi) is 4.25. The zero-order valence-corrected chi connectivity index (χ0v) is 14.5. The number of carbonyl (C=O) groups excluding carboxylic acids is 2. The van der Waals surface area contributed by atoms with Crippen molar-refractivity contribution in [3.05, 3.63) is 35.9 Å². The lowest BCUT2D eigenvalue weighted by atomic mass is 9.90. The highest BCUT2D eigenvalue weighted by Crippen LogP contribution is 2.34. The lowest BCUT2D eigenvalue weighted by Gasteiger charge is -2.46. The zero-order valence-electron chi connectivity index (χ0n) is 14.5. The Morgan fingerprint density at radius 2 is 1.92 bits per heavy atom. The van der Waals surface area contributed by atoms with Crippen LogP contribution in [-0.2, 0) is 14.3 Å². The summed E-state index contributed by atoms with van der Waals surface area (Å²) in [4.78, 5) is 26.0. The second kappa shape index (κ2) is 6.09. The van der Waals surface area contributed by atoms with Gasteiger partial charge in [0.2, 0.25) is 5.91 Å². The molecule has 2 fully saturated rings. The lowest BCUT2D eigenvalue weighted by molar-refractivity contribution is -0.148. The van der Waals surface area contributed by atoms with E-state index in [-0.39, 0.29) is 36.3 Å². The lowest BCUT2D eigenvalue weighted by Crippen LogP contribution is -2.73. The molecule has 0 aromatic heterocycles. The molecule has 2 heterocycles. The van der Waals surface area contributed by atoms with Crippen LogP contribution in [0.15, 0.2) is 30.3 Å². The number of carbonyl (C=O) groups is 2. The number of nitrogens with one attached hydrogen (secondary N) is 1. The predicted octanol–water partition coefficient (Wildman–Crippen LogP) is 2.25. The molecule has 0 unspecified atom stereocenters. The Hall–Kier alpha value is -2.08. The molecule has 1 aromatic carbocycles. The van der Waals surface area contributed by atoms with Crippen LogP contribution in [-0.4, -0.2) is 47.3 Å². The summed E-state index contributed by atoms with van der Waals surface area (Å²) in [5, 5.41) is 2.87. The summed E-state index contributed by atoms with van der Waals surface area (Å²) >= 11 is 0. The summed E-state index contributed by atoms with van der Waals surface area (Å²) in [6.07, 6.45) is -0.658. The molecule has 130 valence electrons. The molecule has 1 N–H and O–H groups in total. The van der Waals surface area contributed by atoms with Crippen molar-refractivity contribution in [2.45, 2.75) is 57.5 Å². The van der Waals surface area contributed by atoms with Gasteiger partial charge in [-0.25, -0.2) is 4.79 Å². The number of ether oxygens (including phenoxy) is 2. The number of cyclic esters (lactones) is 1. The molecule has 0 spiro atoms. The molecule has 6 heteroatoms. The van der Waals surface area contributed by atoms with E-state index in [0.29, 0.717) is 0 Å². The van der Waals surface area contributed by atoms with Gasteiger partial charge in [-0.2, -0.15) is 0 Å². The first kappa shape index (κ1) is 16.8. The van der Waals surface area contributed by atoms with Crippen LogP contribution < -0.4 is 5.32 Å².